The Bertz CT molecular complexity index is 1560. The first-order valence-electron chi connectivity index (χ1n) is 14.6. The summed E-state index contributed by atoms with van der Waals surface area (Å²) in [5.41, 5.74) is 4.82. The van der Waals surface area contributed by atoms with E-state index < -0.39 is 0 Å². The minimum Gasteiger partial charge on any atom is -0.369 e. The van der Waals surface area contributed by atoms with Gasteiger partial charge >= 0.3 is 0 Å². The number of anilines is 2. The van der Waals surface area contributed by atoms with Crippen molar-refractivity contribution >= 4 is 34.8 Å². The van der Waals surface area contributed by atoms with Crippen LogP contribution in [0.3, 0.4) is 0 Å². The van der Waals surface area contributed by atoms with Crippen LogP contribution in [0.25, 0.3) is 0 Å². The monoisotopic (exact) mass is 570 g/mol. The molecule has 8 heteroatoms. The third kappa shape index (κ3) is 5.96. The van der Waals surface area contributed by atoms with Gasteiger partial charge in [0.05, 0.1) is 22.0 Å². The van der Waals surface area contributed by atoms with Crippen molar-refractivity contribution in [1.29, 1.82) is 0 Å². The van der Waals surface area contributed by atoms with Crippen molar-refractivity contribution in [3.05, 3.63) is 105 Å². The van der Waals surface area contributed by atoms with Crippen molar-refractivity contribution in [3.63, 3.8) is 0 Å². The number of hydrogen-bond donors (Lipinski definition) is 2. The van der Waals surface area contributed by atoms with E-state index in [1.807, 2.05) is 28.8 Å². The highest BCUT2D eigenvalue weighted by Crippen LogP contribution is 2.39. The van der Waals surface area contributed by atoms with E-state index in [9.17, 15) is 14.4 Å². The van der Waals surface area contributed by atoms with Gasteiger partial charge in [-0.2, -0.15) is 0 Å². The number of fused-ring (bicyclic) bond motifs is 4. The molecule has 2 aromatic carbocycles. The largest absolute Gasteiger partial charge is 0.369 e. The summed E-state index contributed by atoms with van der Waals surface area (Å²) in [7, 11) is 0. The van der Waals surface area contributed by atoms with Gasteiger partial charge in [-0.05, 0) is 80.8 Å². The van der Waals surface area contributed by atoms with Crippen molar-refractivity contribution in [3.8, 4) is 0 Å². The zero-order valence-corrected chi connectivity index (χ0v) is 23.8. The molecule has 0 radical (unpaired) electrons. The lowest BCUT2D eigenvalue weighted by Gasteiger charge is -2.44. The molecule has 1 aliphatic carbocycles. The molecule has 2 aliphatic heterocycles. The number of rotatable bonds is 7. The lowest BCUT2D eigenvalue weighted by atomic mass is 9.83. The van der Waals surface area contributed by atoms with Gasteiger partial charge in [-0.25, -0.2) is 0 Å². The summed E-state index contributed by atoms with van der Waals surface area (Å²) in [6.07, 6.45) is 8.89. The first-order valence-corrected chi connectivity index (χ1v) is 14.9. The molecule has 41 heavy (non-hydrogen) atoms. The van der Waals surface area contributed by atoms with Gasteiger partial charge < -0.3 is 20.1 Å². The van der Waals surface area contributed by atoms with Gasteiger partial charge in [0.2, 0.25) is 0 Å². The molecule has 6 rings (SSSR count). The Hall–Kier alpha value is -3.84. The number of piperidine rings is 1. The molecule has 7 nitrogen and oxygen atoms in total. The van der Waals surface area contributed by atoms with Crippen molar-refractivity contribution in [2.24, 2.45) is 5.92 Å². The van der Waals surface area contributed by atoms with Gasteiger partial charge in [0.1, 0.15) is 0 Å². The van der Waals surface area contributed by atoms with Gasteiger partial charge in [0, 0.05) is 49.4 Å². The number of pyridine rings is 1. The molecular formula is C33H35ClN4O3. The molecule has 1 saturated heterocycles. The standard InChI is InChI=1S/C33H35ClN4O3/c34-27-10-5-4-9-26(27)33(41)36-28-18-24(32(40)35-16-15-22-7-2-1-3-8-22)13-14-30(28)37-19-23-17-25(21-37)29-11-6-12-31(39)38(29)20-23/h4-7,9-14,18,23,25H,1-3,8,15-17,19-21H2,(H,35,40)(H,36,41)/t23-,25+/m1/s1. The first kappa shape index (κ1) is 27.3. The SMILES string of the molecule is O=C(NCCC1=CCCCC1)c1ccc(N2C[C@H]3C[C@@H](C2)c2cccc(=O)n2C3)c(NC(=O)c2ccccc2Cl)c1. The topological polar surface area (TPSA) is 83.4 Å². The first-order chi connectivity index (χ1) is 20.0. The maximum atomic E-state index is 13.3. The van der Waals surface area contributed by atoms with E-state index >= 15 is 0 Å². The fourth-order valence-corrected chi connectivity index (χ4v) is 6.77. The van der Waals surface area contributed by atoms with Crippen LogP contribution in [0.1, 0.15) is 70.9 Å². The van der Waals surface area contributed by atoms with Crippen molar-refractivity contribution in [2.45, 2.75) is 51.0 Å². The predicted molar refractivity (Wildman–Crippen MR) is 163 cm³/mol. The Balaban J connectivity index is 1.26. The second kappa shape index (κ2) is 12.0. The van der Waals surface area contributed by atoms with Gasteiger partial charge in [-0.15, -0.1) is 0 Å². The Morgan fingerprint density at radius 1 is 0.951 bits per heavy atom. The zero-order valence-electron chi connectivity index (χ0n) is 23.1. The quantitative estimate of drug-likeness (QED) is 0.341. The Morgan fingerprint density at radius 3 is 2.66 bits per heavy atom. The fourth-order valence-electron chi connectivity index (χ4n) is 6.55. The number of hydrogen-bond acceptors (Lipinski definition) is 4. The summed E-state index contributed by atoms with van der Waals surface area (Å²) in [5.74, 6) is 0.0314. The van der Waals surface area contributed by atoms with E-state index in [0.29, 0.717) is 40.8 Å². The number of benzene rings is 2. The van der Waals surface area contributed by atoms with Crippen LogP contribution in [0, 0.1) is 5.92 Å². The highest BCUT2D eigenvalue weighted by Gasteiger charge is 2.35. The maximum absolute atomic E-state index is 13.3. The maximum Gasteiger partial charge on any atom is 0.257 e. The van der Waals surface area contributed by atoms with Crippen LogP contribution in [0.4, 0.5) is 11.4 Å². The summed E-state index contributed by atoms with van der Waals surface area (Å²) < 4.78 is 1.91. The summed E-state index contributed by atoms with van der Waals surface area (Å²) in [6.45, 7) is 2.74. The minimum absolute atomic E-state index is 0.0495. The molecule has 0 spiro atoms. The molecule has 0 saturated carbocycles. The van der Waals surface area contributed by atoms with Crippen LogP contribution in [0.5, 0.6) is 0 Å². The number of carbonyl (C=O) groups is 2. The Kier molecular flexibility index (Phi) is 7.97. The molecule has 2 atom stereocenters. The summed E-state index contributed by atoms with van der Waals surface area (Å²) in [4.78, 5) is 41.3. The van der Waals surface area contributed by atoms with E-state index in [-0.39, 0.29) is 23.3 Å². The van der Waals surface area contributed by atoms with E-state index in [4.69, 9.17) is 11.6 Å². The molecular weight excluding hydrogens is 536 g/mol. The average Bonchev–Trinajstić information content (AvgIpc) is 2.98. The number of nitrogens with one attached hydrogen (secondary N) is 2. The summed E-state index contributed by atoms with van der Waals surface area (Å²) in [6, 6.07) is 18.0. The van der Waals surface area contributed by atoms with E-state index in [1.54, 1.807) is 36.4 Å². The zero-order chi connectivity index (χ0) is 28.3. The molecule has 3 aliphatic rings. The predicted octanol–water partition coefficient (Wildman–Crippen LogP) is 6.00. The normalized spacial score (nSPS) is 19.6. The number of allylic oxidation sites excluding steroid dienone is 1. The van der Waals surface area contributed by atoms with Crippen LogP contribution in [-0.4, -0.2) is 36.0 Å². The van der Waals surface area contributed by atoms with Crippen LogP contribution < -0.4 is 21.1 Å². The van der Waals surface area contributed by atoms with Crippen molar-refractivity contribution < 1.29 is 9.59 Å². The van der Waals surface area contributed by atoms with E-state index in [0.717, 1.165) is 50.2 Å². The number of carbonyl (C=O) groups excluding carboxylic acids is 2. The second-order valence-electron chi connectivity index (χ2n) is 11.4. The molecule has 0 unspecified atom stereocenters. The lowest BCUT2D eigenvalue weighted by Crippen LogP contribution is -2.47. The van der Waals surface area contributed by atoms with Gasteiger partial charge in [-0.3, -0.25) is 14.4 Å². The van der Waals surface area contributed by atoms with Gasteiger partial charge in [0.25, 0.3) is 17.4 Å². The van der Waals surface area contributed by atoms with E-state index in [2.05, 4.69) is 21.6 Å². The smallest absolute Gasteiger partial charge is 0.257 e. The average molecular weight is 571 g/mol. The molecule has 2 amide bonds. The molecule has 3 aromatic rings. The molecule has 1 aromatic heterocycles. The third-order valence-corrected chi connectivity index (χ3v) is 8.89. The van der Waals surface area contributed by atoms with Crippen LogP contribution in [-0.2, 0) is 6.54 Å². The highest BCUT2D eigenvalue weighted by molar-refractivity contribution is 6.34. The summed E-state index contributed by atoms with van der Waals surface area (Å²) >= 11 is 6.33. The third-order valence-electron chi connectivity index (χ3n) is 8.56. The lowest BCUT2D eigenvalue weighted by molar-refractivity contribution is 0.0952. The van der Waals surface area contributed by atoms with Crippen molar-refractivity contribution in [1.82, 2.24) is 9.88 Å². The Morgan fingerprint density at radius 2 is 1.83 bits per heavy atom. The van der Waals surface area contributed by atoms with E-state index in [1.165, 1.54) is 18.4 Å². The van der Waals surface area contributed by atoms with Crippen LogP contribution >= 0.6 is 11.6 Å². The highest BCUT2D eigenvalue weighted by atomic mass is 35.5. The molecule has 212 valence electrons. The van der Waals surface area contributed by atoms with Crippen molar-refractivity contribution in [2.75, 3.05) is 29.9 Å². The summed E-state index contributed by atoms with van der Waals surface area (Å²) in [5, 5.41) is 6.48. The number of aromatic nitrogens is 1. The van der Waals surface area contributed by atoms with Gasteiger partial charge in [-0.1, -0.05) is 41.4 Å². The Labute approximate surface area is 245 Å². The van der Waals surface area contributed by atoms with Crippen LogP contribution in [0.15, 0.2) is 77.1 Å². The number of halogens is 1. The van der Waals surface area contributed by atoms with Crippen LogP contribution in [0.2, 0.25) is 5.02 Å². The minimum atomic E-state index is -0.326. The molecule has 1 fully saturated rings. The molecule has 2 N–H and O–H groups in total. The number of amides is 2. The molecule has 3 heterocycles. The fraction of sp³-hybridized carbons (Fsp3) is 0.364. The van der Waals surface area contributed by atoms with Gasteiger partial charge in [0.15, 0.2) is 0 Å². The second-order valence-corrected chi connectivity index (χ2v) is 11.8. The molecule has 2 bridgehead atoms. The number of nitrogens with zero attached hydrogens (tertiary/aromatic N) is 2.